The first-order chi connectivity index (χ1) is 23.0. The molecule has 2 aliphatic heterocycles. The third kappa shape index (κ3) is 7.91. The summed E-state index contributed by atoms with van der Waals surface area (Å²) in [6.45, 7) is 2.43. The van der Waals surface area contributed by atoms with Crippen LogP contribution >= 0.6 is 0 Å². The number of amides is 5. The molecule has 0 radical (unpaired) electrons. The van der Waals surface area contributed by atoms with Crippen LogP contribution in [0.4, 0.5) is 9.18 Å². The van der Waals surface area contributed by atoms with Crippen molar-refractivity contribution < 1.29 is 47.7 Å². The molecule has 258 valence electrons. The van der Waals surface area contributed by atoms with E-state index < -0.39 is 60.7 Å². The summed E-state index contributed by atoms with van der Waals surface area (Å²) in [4.78, 5) is 84.5. The molecule has 3 heterocycles. The number of hydrogen-bond donors (Lipinski definition) is 3. The van der Waals surface area contributed by atoms with E-state index in [1.165, 1.54) is 32.9 Å². The number of pyridine rings is 1. The molecule has 3 N–H and O–H groups in total. The van der Waals surface area contributed by atoms with E-state index in [1.807, 2.05) is 0 Å². The first-order valence-corrected chi connectivity index (χ1v) is 16.1. The molecule has 5 amide bonds. The third-order valence-corrected chi connectivity index (χ3v) is 8.79. The van der Waals surface area contributed by atoms with Crippen molar-refractivity contribution in [3.05, 3.63) is 35.8 Å². The minimum atomic E-state index is -1.24. The van der Waals surface area contributed by atoms with Crippen molar-refractivity contribution in [2.75, 3.05) is 45.9 Å². The molecule has 2 atom stereocenters. The summed E-state index contributed by atoms with van der Waals surface area (Å²) in [6, 6.07) is 3.45. The van der Waals surface area contributed by atoms with Gasteiger partial charge in [-0.05, 0) is 51.2 Å². The summed E-state index contributed by atoms with van der Waals surface area (Å²) in [7, 11) is 0. The number of ether oxygens (including phenoxy) is 2. The fourth-order valence-electron chi connectivity index (χ4n) is 5.77. The number of aliphatic carboxylic acids is 1. The number of likely N-dealkylation sites (tertiary alicyclic amines) is 1. The summed E-state index contributed by atoms with van der Waals surface area (Å²) in [5, 5.41) is 14.7. The number of piperazine rings is 1. The average Bonchev–Trinajstić information content (AvgIpc) is 3.02. The van der Waals surface area contributed by atoms with Crippen LogP contribution in [0.15, 0.2) is 24.3 Å². The minimum absolute atomic E-state index is 0.0512. The maximum Gasteiger partial charge on any atom is 0.409 e. The Morgan fingerprint density at radius 1 is 1.04 bits per heavy atom. The molecule has 0 bridgehead atoms. The monoisotopic (exact) mass is 670 g/mol. The summed E-state index contributed by atoms with van der Waals surface area (Å²) in [5.41, 5.74) is -0.201. The van der Waals surface area contributed by atoms with Gasteiger partial charge in [0.05, 0.1) is 17.5 Å². The second-order valence-electron chi connectivity index (χ2n) is 11.9. The van der Waals surface area contributed by atoms with Gasteiger partial charge in [-0.2, -0.15) is 0 Å². The quantitative estimate of drug-likeness (QED) is 0.297. The zero-order valence-electron chi connectivity index (χ0n) is 26.6. The number of aromatic nitrogens is 1. The van der Waals surface area contributed by atoms with Gasteiger partial charge in [0.25, 0.3) is 11.8 Å². The number of hydrogen-bond acceptors (Lipinski definition) is 9. The number of carboxylic acid groups (broad SMARTS) is 1. The Bertz CT molecular complexity index is 1580. The lowest BCUT2D eigenvalue weighted by atomic mass is 9.92. The Morgan fingerprint density at radius 2 is 1.77 bits per heavy atom. The van der Waals surface area contributed by atoms with E-state index >= 15 is 0 Å². The third-order valence-electron chi connectivity index (χ3n) is 8.79. The topological polar surface area (TPSA) is 188 Å². The molecular weight excluding hydrogens is 631 g/mol. The van der Waals surface area contributed by atoms with Crippen molar-refractivity contribution in [2.45, 2.75) is 63.6 Å². The van der Waals surface area contributed by atoms with Crippen molar-refractivity contribution in [1.29, 1.82) is 0 Å². The maximum absolute atomic E-state index is 15.0. The summed E-state index contributed by atoms with van der Waals surface area (Å²) >= 11 is 0. The Balaban J connectivity index is 1.28. The van der Waals surface area contributed by atoms with Crippen LogP contribution in [-0.2, 0) is 23.9 Å². The van der Waals surface area contributed by atoms with Crippen LogP contribution in [0.5, 0.6) is 5.75 Å². The smallest absolute Gasteiger partial charge is 0.409 e. The molecule has 0 spiro atoms. The van der Waals surface area contributed by atoms with Gasteiger partial charge in [-0.25, -0.2) is 14.2 Å². The Hall–Kier alpha value is -5.02. The number of rotatable bonds is 12. The summed E-state index contributed by atoms with van der Waals surface area (Å²) < 4.78 is 25.7. The molecule has 5 rings (SSSR count). The van der Waals surface area contributed by atoms with E-state index in [-0.39, 0.29) is 73.5 Å². The summed E-state index contributed by atoms with van der Waals surface area (Å²) in [5.74, 6) is -4.09. The summed E-state index contributed by atoms with van der Waals surface area (Å²) in [6.07, 6.45) is 2.26. The molecule has 3 fully saturated rings. The van der Waals surface area contributed by atoms with Gasteiger partial charge < -0.3 is 39.9 Å². The molecule has 16 heteroatoms. The van der Waals surface area contributed by atoms with Gasteiger partial charge in [0.1, 0.15) is 29.3 Å². The minimum Gasteiger partial charge on any atom is -0.483 e. The Labute approximate surface area is 275 Å². The van der Waals surface area contributed by atoms with Gasteiger partial charge in [0.15, 0.2) is 6.61 Å². The second-order valence-corrected chi connectivity index (χ2v) is 11.9. The number of nitrogens with zero attached hydrogens (tertiary/aromatic N) is 4. The average molecular weight is 671 g/mol. The fraction of sp³-hybridized carbons (Fsp3) is 0.531. The maximum atomic E-state index is 15.0. The molecule has 0 unspecified atom stereocenters. The largest absolute Gasteiger partial charge is 0.483 e. The highest BCUT2D eigenvalue weighted by atomic mass is 19.1. The van der Waals surface area contributed by atoms with Gasteiger partial charge in [0.2, 0.25) is 11.8 Å². The molecule has 1 saturated carbocycles. The zero-order valence-corrected chi connectivity index (χ0v) is 26.6. The van der Waals surface area contributed by atoms with E-state index in [2.05, 4.69) is 15.6 Å². The zero-order chi connectivity index (χ0) is 34.4. The van der Waals surface area contributed by atoms with Crippen LogP contribution in [0, 0.1) is 5.82 Å². The predicted octanol–water partition coefficient (Wildman–Crippen LogP) is 1.29. The van der Waals surface area contributed by atoms with Crippen LogP contribution in [0.2, 0.25) is 0 Å². The van der Waals surface area contributed by atoms with Gasteiger partial charge in [0, 0.05) is 51.3 Å². The SMILES string of the molecule is CCOC(=O)N1CCN(C(=O)[C@H](CCC(=O)O)NC(=O)c2cc(OCC(=O)N3CC[C@H]3C(=O)NC3CCC3)c3c(F)cccc3n2)CC1. The number of carbonyl (C=O) groups is 6. The number of nitrogens with one attached hydrogen (secondary N) is 2. The van der Waals surface area contributed by atoms with Crippen molar-refractivity contribution in [2.24, 2.45) is 0 Å². The standard InChI is InChI=1S/C32H39FN6O9/c1-2-47-32(46)38-15-13-37(14-16-38)31(45)22(9-10-27(41)42)36-29(43)23-17-25(28-20(33)7-4-8-21(28)35-23)48-18-26(40)39-12-11-24(39)30(44)34-19-5-3-6-19/h4,7-8,17,19,22,24H,2-3,5-6,9-16,18H2,1H3,(H,34,44)(H,36,43)(H,41,42)/t22-,24-/m0/s1. The fourth-order valence-corrected chi connectivity index (χ4v) is 5.77. The highest BCUT2D eigenvalue weighted by molar-refractivity contribution is 5.99. The predicted molar refractivity (Wildman–Crippen MR) is 166 cm³/mol. The lowest BCUT2D eigenvalue weighted by Gasteiger charge is -2.41. The molecule has 2 aromatic rings. The second kappa shape index (κ2) is 15.3. The molecule has 48 heavy (non-hydrogen) atoms. The molecule has 1 aromatic heterocycles. The van der Waals surface area contributed by atoms with Crippen LogP contribution in [0.1, 0.15) is 55.9 Å². The van der Waals surface area contributed by atoms with Crippen LogP contribution in [0.25, 0.3) is 10.9 Å². The van der Waals surface area contributed by atoms with E-state index in [0.29, 0.717) is 13.0 Å². The lowest BCUT2D eigenvalue weighted by molar-refractivity contribution is -0.149. The number of benzene rings is 1. The molecule has 3 aliphatic rings. The molecular formula is C32H39FN6O9. The lowest BCUT2D eigenvalue weighted by Crippen LogP contribution is -2.60. The van der Waals surface area contributed by atoms with Crippen LogP contribution in [-0.4, -0.2) is 125 Å². The first kappa shape index (κ1) is 34.3. The van der Waals surface area contributed by atoms with Gasteiger partial charge in [-0.1, -0.05) is 6.07 Å². The Morgan fingerprint density at radius 3 is 2.40 bits per heavy atom. The van der Waals surface area contributed by atoms with Crippen molar-refractivity contribution in [1.82, 2.24) is 30.3 Å². The van der Waals surface area contributed by atoms with Gasteiger partial charge >= 0.3 is 12.1 Å². The highest BCUT2D eigenvalue weighted by Gasteiger charge is 2.39. The molecule has 1 aliphatic carbocycles. The number of carboxylic acids is 1. The highest BCUT2D eigenvalue weighted by Crippen LogP contribution is 2.29. The van der Waals surface area contributed by atoms with Crippen molar-refractivity contribution >= 4 is 46.6 Å². The molecule has 1 aromatic carbocycles. The number of fused-ring (bicyclic) bond motifs is 1. The van der Waals surface area contributed by atoms with E-state index in [9.17, 15) is 38.3 Å². The van der Waals surface area contributed by atoms with Crippen LogP contribution in [0.3, 0.4) is 0 Å². The first-order valence-electron chi connectivity index (χ1n) is 16.1. The van der Waals surface area contributed by atoms with Crippen molar-refractivity contribution in [3.63, 3.8) is 0 Å². The molecule has 15 nitrogen and oxygen atoms in total. The normalized spacial score (nSPS) is 18.3. The van der Waals surface area contributed by atoms with Crippen molar-refractivity contribution in [3.8, 4) is 5.75 Å². The van der Waals surface area contributed by atoms with E-state index in [0.717, 1.165) is 25.3 Å². The number of halogens is 1. The Kier molecular flexibility index (Phi) is 10.9. The van der Waals surface area contributed by atoms with Crippen LogP contribution < -0.4 is 15.4 Å². The van der Waals surface area contributed by atoms with Gasteiger partial charge in [-0.15, -0.1) is 0 Å². The molecule has 2 saturated heterocycles. The van der Waals surface area contributed by atoms with E-state index in [4.69, 9.17) is 9.47 Å². The number of carbonyl (C=O) groups excluding carboxylic acids is 5. The van der Waals surface area contributed by atoms with Gasteiger partial charge in [-0.3, -0.25) is 24.0 Å². The van der Waals surface area contributed by atoms with E-state index in [1.54, 1.807) is 6.92 Å².